The van der Waals surface area contributed by atoms with Crippen molar-refractivity contribution in [3.05, 3.63) is 59.2 Å². The van der Waals surface area contributed by atoms with Crippen LogP contribution < -0.4 is 20.1 Å². The maximum Gasteiger partial charge on any atom is 0.191 e. The number of methoxy groups -OCH3 is 1. The van der Waals surface area contributed by atoms with Crippen LogP contribution in [0.25, 0.3) is 0 Å². The third kappa shape index (κ3) is 9.78. The first-order valence-electron chi connectivity index (χ1n) is 10.6. The average Bonchev–Trinajstić information content (AvgIpc) is 2.78. The smallest absolute Gasteiger partial charge is 0.191 e. The van der Waals surface area contributed by atoms with E-state index in [1.165, 1.54) is 16.7 Å². The molecular weight excluding hydrogens is 505 g/mol. The van der Waals surface area contributed by atoms with Crippen LogP contribution in [0.3, 0.4) is 0 Å². The third-order valence-electron chi connectivity index (χ3n) is 4.64. The van der Waals surface area contributed by atoms with Gasteiger partial charge in [-0.2, -0.15) is 0 Å². The normalized spacial score (nSPS) is 10.9. The molecule has 2 aromatic rings. The molecule has 6 nitrogen and oxygen atoms in total. The second kappa shape index (κ2) is 15.8. The number of halogens is 1. The summed E-state index contributed by atoms with van der Waals surface area (Å²) in [6.45, 7) is 7.56. The minimum absolute atomic E-state index is 0. The zero-order valence-electron chi connectivity index (χ0n) is 19.1. The lowest BCUT2D eigenvalue weighted by atomic mass is 10.1. The number of ether oxygens (including phenoxy) is 3. The zero-order chi connectivity index (χ0) is 21.6. The van der Waals surface area contributed by atoms with E-state index in [2.05, 4.69) is 52.0 Å². The highest BCUT2D eigenvalue weighted by atomic mass is 127. The Balaban J connectivity index is 0.00000480. The molecule has 31 heavy (non-hydrogen) atoms. The van der Waals surface area contributed by atoms with E-state index in [0.29, 0.717) is 13.2 Å². The van der Waals surface area contributed by atoms with Crippen molar-refractivity contribution in [1.29, 1.82) is 0 Å². The SMILES string of the molecule is CCOCc1ccc(CNC(=NC)NCCCc2ccc(OC)c(OCC)c2)cc1.I. The quantitative estimate of drug-likeness (QED) is 0.179. The van der Waals surface area contributed by atoms with Crippen molar-refractivity contribution in [2.24, 2.45) is 4.99 Å². The van der Waals surface area contributed by atoms with Crippen LogP contribution in [0.4, 0.5) is 0 Å². The van der Waals surface area contributed by atoms with Gasteiger partial charge in [-0.25, -0.2) is 0 Å². The molecule has 0 aliphatic heterocycles. The Hall–Kier alpha value is -2.00. The van der Waals surface area contributed by atoms with Crippen molar-refractivity contribution < 1.29 is 14.2 Å². The van der Waals surface area contributed by atoms with Crippen LogP contribution in [0.1, 0.15) is 37.0 Å². The van der Waals surface area contributed by atoms with Gasteiger partial charge in [0.1, 0.15) is 0 Å². The molecule has 0 heterocycles. The topological polar surface area (TPSA) is 64.1 Å². The fourth-order valence-electron chi connectivity index (χ4n) is 3.02. The van der Waals surface area contributed by atoms with Crippen molar-refractivity contribution in [3.8, 4) is 11.5 Å². The predicted molar refractivity (Wildman–Crippen MR) is 138 cm³/mol. The highest BCUT2D eigenvalue weighted by molar-refractivity contribution is 14.0. The number of nitrogens with zero attached hydrogens (tertiary/aromatic N) is 1. The minimum Gasteiger partial charge on any atom is -0.493 e. The maximum absolute atomic E-state index is 5.65. The second-order valence-electron chi connectivity index (χ2n) is 6.83. The third-order valence-corrected chi connectivity index (χ3v) is 4.64. The fourth-order valence-corrected chi connectivity index (χ4v) is 3.02. The lowest BCUT2D eigenvalue weighted by Crippen LogP contribution is -2.37. The summed E-state index contributed by atoms with van der Waals surface area (Å²) >= 11 is 0. The van der Waals surface area contributed by atoms with Gasteiger partial charge in [0, 0.05) is 26.7 Å². The molecule has 0 saturated carbocycles. The molecule has 0 fully saturated rings. The van der Waals surface area contributed by atoms with Crippen molar-refractivity contribution in [2.45, 2.75) is 39.8 Å². The molecule has 0 bridgehead atoms. The van der Waals surface area contributed by atoms with Crippen molar-refractivity contribution in [3.63, 3.8) is 0 Å². The average molecular weight is 541 g/mol. The van der Waals surface area contributed by atoms with Gasteiger partial charge in [0.25, 0.3) is 0 Å². The van der Waals surface area contributed by atoms with Gasteiger partial charge < -0.3 is 24.8 Å². The van der Waals surface area contributed by atoms with Gasteiger partial charge in [0.2, 0.25) is 0 Å². The fraction of sp³-hybridized carbons (Fsp3) is 0.458. The summed E-state index contributed by atoms with van der Waals surface area (Å²) in [6.07, 6.45) is 1.94. The highest BCUT2D eigenvalue weighted by Crippen LogP contribution is 2.28. The van der Waals surface area contributed by atoms with E-state index in [1.54, 1.807) is 14.2 Å². The van der Waals surface area contributed by atoms with Crippen molar-refractivity contribution in [1.82, 2.24) is 10.6 Å². The lowest BCUT2D eigenvalue weighted by molar-refractivity contribution is 0.134. The molecule has 0 spiro atoms. The standard InChI is InChI=1S/C24H35N3O3.HI/c1-5-29-18-21-11-9-20(10-12-21)17-27-24(25-3)26-15-7-8-19-13-14-22(28-4)23(16-19)30-6-2;/h9-14,16H,5-8,15,17-18H2,1-4H3,(H2,25,26,27);1H. The first kappa shape index (κ1) is 27.0. The monoisotopic (exact) mass is 541 g/mol. The molecule has 172 valence electrons. The van der Waals surface area contributed by atoms with Gasteiger partial charge in [-0.15, -0.1) is 24.0 Å². The van der Waals surface area contributed by atoms with Crippen LogP contribution in [-0.2, 0) is 24.3 Å². The van der Waals surface area contributed by atoms with E-state index in [9.17, 15) is 0 Å². The molecule has 0 saturated heterocycles. The van der Waals surface area contributed by atoms with Gasteiger partial charge in [-0.1, -0.05) is 30.3 Å². The molecule has 2 aromatic carbocycles. The van der Waals surface area contributed by atoms with Crippen molar-refractivity contribution in [2.75, 3.05) is 33.9 Å². The molecule has 2 N–H and O–H groups in total. The van der Waals surface area contributed by atoms with Crippen LogP contribution in [0.15, 0.2) is 47.5 Å². The molecule has 0 radical (unpaired) electrons. The van der Waals surface area contributed by atoms with Gasteiger partial charge in [0.05, 0.1) is 20.3 Å². The van der Waals surface area contributed by atoms with Gasteiger partial charge in [-0.3, -0.25) is 4.99 Å². The number of aryl methyl sites for hydroxylation is 1. The van der Waals surface area contributed by atoms with Crippen LogP contribution in [0, 0.1) is 0 Å². The molecule has 2 rings (SSSR count). The number of nitrogens with one attached hydrogen (secondary N) is 2. The summed E-state index contributed by atoms with van der Waals surface area (Å²) in [5, 5.41) is 6.73. The second-order valence-corrected chi connectivity index (χ2v) is 6.83. The summed E-state index contributed by atoms with van der Waals surface area (Å²) in [5.41, 5.74) is 3.63. The molecule has 0 aliphatic rings. The Morgan fingerprint density at radius 2 is 1.61 bits per heavy atom. The van der Waals surface area contributed by atoms with E-state index < -0.39 is 0 Å². The van der Waals surface area contributed by atoms with Gasteiger partial charge in [-0.05, 0) is 55.5 Å². The summed E-state index contributed by atoms with van der Waals surface area (Å²) < 4.78 is 16.4. The number of benzene rings is 2. The van der Waals surface area contributed by atoms with E-state index in [-0.39, 0.29) is 24.0 Å². The van der Waals surface area contributed by atoms with Crippen LogP contribution >= 0.6 is 24.0 Å². The van der Waals surface area contributed by atoms with Gasteiger partial charge in [0.15, 0.2) is 17.5 Å². The molecule has 7 heteroatoms. The van der Waals surface area contributed by atoms with E-state index in [1.807, 2.05) is 19.9 Å². The number of aliphatic imine (C=N–C) groups is 1. The largest absolute Gasteiger partial charge is 0.493 e. The predicted octanol–water partition coefficient (Wildman–Crippen LogP) is 4.55. The summed E-state index contributed by atoms with van der Waals surface area (Å²) in [6, 6.07) is 14.6. The highest BCUT2D eigenvalue weighted by Gasteiger charge is 2.05. The minimum atomic E-state index is 0. The Morgan fingerprint density at radius 3 is 2.26 bits per heavy atom. The molecule has 0 aliphatic carbocycles. The van der Waals surface area contributed by atoms with Gasteiger partial charge >= 0.3 is 0 Å². The Morgan fingerprint density at radius 1 is 0.903 bits per heavy atom. The Labute approximate surface area is 203 Å². The van der Waals surface area contributed by atoms with E-state index in [0.717, 1.165) is 50.0 Å². The van der Waals surface area contributed by atoms with Crippen LogP contribution in [0.5, 0.6) is 11.5 Å². The molecular formula is C24H36IN3O3. The first-order chi connectivity index (χ1) is 14.7. The van der Waals surface area contributed by atoms with E-state index in [4.69, 9.17) is 14.2 Å². The van der Waals surface area contributed by atoms with Crippen LogP contribution in [0.2, 0.25) is 0 Å². The lowest BCUT2D eigenvalue weighted by Gasteiger charge is -2.13. The van der Waals surface area contributed by atoms with E-state index >= 15 is 0 Å². The van der Waals surface area contributed by atoms with Crippen molar-refractivity contribution >= 4 is 29.9 Å². The summed E-state index contributed by atoms with van der Waals surface area (Å²) in [5.74, 6) is 2.38. The molecule has 0 unspecified atom stereocenters. The number of rotatable bonds is 12. The number of guanidine groups is 1. The number of hydrogen-bond acceptors (Lipinski definition) is 4. The summed E-state index contributed by atoms with van der Waals surface area (Å²) in [4.78, 5) is 4.30. The zero-order valence-corrected chi connectivity index (χ0v) is 21.4. The maximum atomic E-state index is 5.65. The molecule has 0 aromatic heterocycles. The Kier molecular flexibility index (Phi) is 13.7. The molecule has 0 atom stereocenters. The van der Waals surface area contributed by atoms with Crippen LogP contribution in [-0.4, -0.2) is 39.9 Å². The number of hydrogen-bond donors (Lipinski definition) is 2. The Bertz CT molecular complexity index is 782. The first-order valence-corrected chi connectivity index (χ1v) is 10.6. The molecule has 0 amide bonds. The summed E-state index contributed by atoms with van der Waals surface area (Å²) in [7, 11) is 3.45.